The van der Waals surface area contributed by atoms with E-state index in [-0.39, 0.29) is 12.5 Å². The summed E-state index contributed by atoms with van der Waals surface area (Å²) in [5.41, 5.74) is 2.23. The van der Waals surface area contributed by atoms with Crippen LogP contribution < -0.4 is 0 Å². The Bertz CT molecular complexity index is 491. The predicted molar refractivity (Wildman–Crippen MR) is 83.7 cm³/mol. The fourth-order valence-corrected chi connectivity index (χ4v) is 1.89. The zero-order valence-corrected chi connectivity index (χ0v) is 13.0. The Morgan fingerprint density at radius 2 is 1.86 bits per heavy atom. The molecule has 0 aromatic heterocycles. The monoisotopic (exact) mass is 289 g/mol. The third-order valence-corrected chi connectivity index (χ3v) is 3.16. The number of esters is 1. The second-order valence-electron chi connectivity index (χ2n) is 4.76. The van der Waals surface area contributed by atoms with Crippen molar-refractivity contribution in [3.05, 3.63) is 41.5 Å². The molecule has 1 aromatic carbocycles. The van der Waals surface area contributed by atoms with Crippen LogP contribution in [0.3, 0.4) is 0 Å². The molecule has 114 valence electrons. The first-order valence-electron chi connectivity index (χ1n) is 7.23. The number of hydrogen-bond acceptors (Lipinski definition) is 3. The quantitative estimate of drug-likeness (QED) is 0.572. The van der Waals surface area contributed by atoms with Crippen molar-refractivity contribution in [3.63, 3.8) is 0 Å². The molecule has 21 heavy (non-hydrogen) atoms. The molecule has 0 bridgehead atoms. The molecule has 1 rings (SSSR count). The van der Waals surface area contributed by atoms with Crippen LogP contribution in [0.25, 0.3) is 6.08 Å². The van der Waals surface area contributed by atoms with E-state index in [1.54, 1.807) is 6.08 Å². The van der Waals surface area contributed by atoms with Gasteiger partial charge >= 0.3 is 5.97 Å². The summed E-state index contributed by atoms with van der Waals surface area (Å²) < 4.78 is 4.61. The van der Waals surface area contributed by atoms with Gasteiger partial charge in [0, 0.05) is 12.6 Å². The summed E-state index contributed by atoms with van der Waals surface area (Å²) in [4.78, 5) is 24.9. The van der Waals surface area contributed by atoms with Gasteiger partial charge in [-0.05, 0) is 30.0 Å². The molecule has 0 spiro atoms. The van der Waals surface area contributed by atoms with E-state index in [1.807, 2.05) is 31.2 Å². The van der Waals surface area contributed by atoms with Crippen molar-refractivity contribution in [1.29, 1.82) is 0 Å². The summed E-state index contributed by atoms with van der Waals surface area (Å²) in [6, 6.07) is 8.05. The average Bonchev–Trinajstić information content (AvgIpc) is 2.52. The van der Waals surface area contributed by atoms with Crippen LogP contribution in [0.4, 0.5) is 0 Å². The second kappa shape index (κ2) is 8.95. The number of aryl methyl sites for hydroxylation is 1. The molecule has 4 nitrogen and oxygen atoms in total. The third-order valence-electron chi connectivity index (χ3n) is 3.16. The van der Waals surface area contributed by atoms with Gasteiger partial charge < -0.3 is 9.64 Å². The number of hydrogen-bond donors (Lipinski definition) is 0. The van der Waals surface area contributed by atoms with E-state index in [0.717, 1.165) is 18.4 Å². The zero-order valence-electron chi connectivity index (χ0n) is 13.0. The maximum atomic E-state index is 12.1. The minimum atomic E-state index is -0.405. The number of methoxy groups -OCH3 is 1. The Labute approximate surface area is 126 Å². The van der Waals surface area contributed by atoms with Crippen molar-refractivity contribution in [2.45, 2.75) is 26.7 Å². The summed E-state index contributed by atoms with van der Waals surface area (Å²) in [5, 5.41) is 0. The molecule has 0 heterocycles. The van der Waals surface area contributed by atoms with Gasteiger partial charge in [-0.25, -0.2) is 0 Å². The van der Waals surface area contributed by atoms with E-state index < -0.39 is 5.97 Å². The summed E-state index contributed by atoms with van der Waals surface area (Å²) in [6.07, 6.45) is 5.05. The van der Waals surface area contributed by atoms with Crippen LogP contribution in [0.2, 0.25) is 0 Å². The van der Waals surface area contributed by atoms with Crippen molar-refractivity contribution in [2.75, 3.05) is 20.2 Å². The lowest BCUT2D eigenvalue weighted by Gasteiger charge is -2.18. The number of benzene rings is 1. The van der Waals surface area contributed by atoms with E-state index in [4.69, 9.17) is 0 Å². The Morgan fingerprint density at radius 3 is 2.38 bits per heavy atom. The first-order chi connectivity index (χ1) is 10.1. The first-order valence-corrected chi connectivity index (χ1v) is 7.23. The molecule has 0 aliphatic carbocycles. The molecular formula is C17H23NO3. The van der Waals surface area contributed by atoms with Crippen LogP contribution in [-0.2, 0) is 20.7 Å². The molecule has 0 fully saturated rings. The molecule has 0 aliphatic heterocycles. The summed E-state index contributed by atoms with van der Waals surface area (Å²) in [7, 11) is 1.32. The van der Waals surface area contributed by atoms with Crippen molar-refractivity contribution >= 4 is 18.0 Å². The maximum Gasteiger partial charge on any atom is 0.325 e. The molecular weight excluding hydrogens is 266 g/mol. The lowest BCUT2D eigenvalue weighted by atomic mass is 10.1. The second-order valence-corrected chi connectivity index (χ2v) is 4.76. The number of carbonyl (C=O) groups is 2. The number of amides is 1. The van der Waals surface area contributed by atoms with Crippen LogP contribution in [0.15, 0.2) is 30.3 Å². The molecule has 0 atom stereocenters. The number of nitrogens with zero attached hydrogens (tertiary/aromatic N) is 1. The standard InChI is InChI=1S/C17H23NO3/c1-4-12-18(13-17(20)21-3)16(19)11-10-15-8-6-14(5-2)7-9-15/h6-11H,4-5,12-13H2,1-3H3. The SMILES string of the molecule is CCCN(CC(=O)OC)C(=O)C=Cc1ccc(CC)cc1. The van der Waals surface area contributed by atoms with Crippen LogP contribution >= 0.6 is 0 Å². The van der Waals surface area contributed by atoms with Crippen LogP contribution in [0, 0.1) is 0 Å². The summed E-state index contributed by atoms with van der Waals surface area (Å²) in [6.45, 7) is 4.59. The topological polar surface area (TPSA) is 46.6 Å². The highest BCUT2D eigenvalue weighted by molar-refractivity contribution is 5.93. The fourth-order valence-electron chi connectivity index (χ4n) is 1.89. The molecule has 0 unspecified atom stereocenters. The van der Waals surface area contributed by atoms with Crippen molar-refractivity contribution in [1.82, 2.24) is 4.90 Å². The molecule has 4 heteroatoms. The lowest BCUT2D eigenvalue weighted by molar-refractivity contribution is -0.145. The smallest absolute Gasteiger partial charge is 0.325 e. The average molecular weight is 289 g/mol. The number of ether oxygens (including phenoxy) is 1. The highest BCUT2D eigenvalue weighted by Crippen LogP contribution is 2.07. The van der Waals surface area contributed by atoms with Gasteiger partial charge in [-0.3, -0.25) is 9.59 Å². The zero-order chi connectivity index (χ0) is 15.7. The van der Waals surface area contributed by atoms with Gasteiger partial charge in [0.1, 0.15) is 6.54 Å². The fraction of sp³-hybridized carbons (Fsp3) is 0.412. The Balaban J connectivity index is 2.70. The van der Waals surface area contributed by atoms with Gasteiger partial charge in [0.05, 0.1) is 7.11 Å². The Morgan fingerprint density at radius 1 is 1.19 bits per heavy atom. The van der Waals surface area contributed by atoms with Gasteiger partial charge in [0.15, 0.2) is 0 Å². The van der Waals surface area contributed by atoms with Crippen LogP contribution in [0.1, 0.15) is 31.4 Å². The molecule has 0 radical (unpaired) electrons. The van der Waals surface area contributed by atoms with Crippen molar-refractivity contribution < 1.29 is 14.3 Å². The Kier molecular flexibility index (Phi) is 7.23. The largest absolute Gasteiger partial charge is 0.468 e. The molecule has 0 saturated heterocycles. The Hall–Kier alpha value is -2.10. The lowest BCUT2D eigenvalue weighted by Crippen LogP contribution is -2.35. The van der Waals surface area contributed by atoms with Crippen LogP contribution in [0.5, 0.6) is 0 Å². The van der Waals surface area contributed by atoms with Gasteiger partial charge in [0.25, 0.3) is 0 Å². The van der Waals surface area contributed by atoms with Gasteiger partial charge in [-0.15, -0.1) is 0 Å². The van der Waals surface area contributed by atoms with E-state index in [0.29, 0.717) is 6.54 Å². The van der Waals surface area contributed by atoms with Crippen molar-refractivity contribution in [3.8, 4) is 0 Å². The van der Waals surface area contributed by atoms with E-state index in [2.05, 4.69) is 11.7 Å². The summed E-state index contributed by atoms with van der Waals surface area (Å²) in [5.74, 6) is -0.584. The maximum absolute atomic E-state index is 12.1. The van der Waals surface area contributed by atoms with E-state index in [1.165, 1.54) is 23.6 Å². The molecule has 0 aliphatic rings. The summed E-state index contributed by atoms with van der Waals surface area (Å²) >= 11 is 0. The van der Waals surface area contributed by atoms with Gasteiger partial charge in [-0.2, -0.15) is 0 Å². The molecule has 1 aromatic rings. The molecule has 0 saturated carbocycles. The number of carbonyl (C=O) groups excluding carboxylic acids is 2. The number of rotatable bonds is 7. The minimum absolute atomic E-state index is 0.0116. The highest BCUT2D eigenvalue weighted by atomic mass is 16.5. The van der Waals surface area contributed by atoms with Gasteiger partial charge in [-0.1, -0.05) is 38.1 Å². The van der Waals surface area contributed by atoms with E-state index >= 15 is 0 Å². The highest BCUT2D eigenvalue weighted by Gasteiger charge is 2.14. The predicted octanol–water partition coefficient (Wildman–Crippen LogP) is 2.67. The van der Waals surface area contributed by atoms with Gasteiger partial charge in [0.2, 0.25) is 5.91 Å². The molecule has 1 amide bonds. The van der Waals surface area contributed by atoms with Crippen molar-refractivity contribution in [2.24, 2.45) is 0 Å². The normalized spacial score (nSPS) is 10.6. The molecule has 0 N–H and O–H groups in total. The van der Waals surface area contributed by atoms with E-state index in [9.17, 15) is 9.59 Å². The third kappa shape index (κ3) is 5.81. The minimum Gasteiger partial charge on any atom is -0.468 e. The first kappa shape index (κ1) is 17.0. The van der Waals surface area contributed by atoms with Crippen LogP contribution in [-0.4, -0.2) is 37.0 Å².